The maximum Gasteiger partial charge on any atom is 0.465 e. The van der Waals surface area contributed by atoms with Crippen molar-refractivity contribution in [2.45, 2.75) is 69.1 Å². The smallest absolute Gasteiger partial charge is 0.461 e. The zero-order chi connectivity index (χ0) is 21.2. The minimum absolute atomic E-state index is 0.102. The van der Waals surface area contributed by atoms with Gasteiger partial charge in [0.2, 0.25) is 0 Å². The number of halogens is 7. The molecule has 0 aromatic rings. The van der Waals surface area contributed by atoms with Gasteiger partial charge in [0.1, 0.15) is 5.60 Å². The minimum atomic E-state index is -6.08. The van der Waals surface area contributed by atoms with Crippen LogP contribution in [0.5, 0.6) is 0 Å². The molecule has 4 nitrogen and oxygen atoms in total. The fourth-order valence-corrected chi connectivity index (χ4v) is 5.37. The third-order valence-electron chi connectivity index (χ3n) is 5.92. The van der Waals surface area contributed by atoms with Gasteiger partial charge in [-0.15, -0.1) is 0 Å². The van der Waals surface area contributed by atoms with Crippen LogP contribution in [0.25, 0.3) is 0 Å². The second-order valence-corrected chi connectivity index (χ2v) is 8.57. The van der Waals surface area contributed by atoms with Crippen molar-refractivity contribution in [1.82, 2.24) is 0 Å². The van der Waals surface area contributed by atoms with Gasteiger partial charge in [-0.2, -0.15) is 30.7 Å². The summed E-state index contributed by atoms with van der Waals surface area (Å²) in [7, 11) is 0. The van der Waals surface area contributed by atoms with Crippen molar-refractivity contribution >= 4 is 11.9 Å². The molecule has 0 aromatic heterocycles. The standard InChI is InChI=1S/C17H19F7O4/c1-13(18,19)11(25)27-8-14-3-9-2-10(4-14)6-15(5-9,7-14)28-12(26)16(20,21)17(22,23)24/h9-10H,2-8H2,1H3. The topological polar surface area (TPSA) is 52.6 Å². The Morgan fingerprint density at radius 1 is 0.929 bits per heavy atom. The summed E-state index contributed by atoms with van der Waals surface area (Å²) in [5, 5.41) is 0. The van der Waals surface area contributed by atoms with Crippen LogP contribution in [-0.2, 0) is 19.1 Å². The summed E-state index contributed by atoms with van der Waals surface area (Å²) in [6.45, 7) is -0.0469. The molecular formula is C17H19F7O4. The van der Waals surface area contributed by atoms with E-state index in [1.807, 2.05) is 0 Å². The Bertz CT molecular complexity index is 653. The molecule has 160 valence electrons. The van der Waals surface area contributed by atoms with Gasteiger partial charge in [0.15, 0.2) is 0 Å². The summed E-state index contributed by atoms with van der Waals surface area (Å²) < 4.78 is 99.6. The molecule has 0 saturated heterocycles. The summed E-state index contributed by atoms with van der Waals surface area (Å²) in [6.07, 6.45) is -4.36. The molecule has 4 rings (SSSR count). The lowest BCUT2D eigenvalue weighted by Gasteiger charge is -2.60. The van der Waals surface area contributed by atoms with Crippen LogP contribution in [0.4, 0.5) is 30.7 Å². The molecule has 0 radical (unpaired) electrons. The van der Waals surface area contributed by atoms with Crippen molar-refractivity contribution in [2.24, 2.45) is 17.3 Å². The first-order valence-corrected chi connectivity index (χ1v) is 8.81. The lowest BCUT2D eigenvalue weighted by Crippen LogP contribution is -2.60. The van der Waals surface area contributed by atoms with E-state index in [0.717, 1.165) is 0 Å². The van der Waals surface area contributed by atoms with Crippen LogP contribution >= 0.6 is 0 Å². The van der Waals surface area contributed by atoms with Crippen LogP contribution in [-0.4, -0.2) is 42.2 Å². The first-order valence-electron chi connectivity index (χ1n) is 8.81. The number of hydrogen-bond acceptors (Lipinski definition) is 4. The van der Waals surface area contributed by atoms with Crippen LogP contribution in [0, 0.1) is 17.3 Å². The van der Waals surface area contributed by atoms with E-state index >= 15 is 0 Å². The molecule has 4 aliphatic carbocycles. The Morgan fingerprint density at radius 2 is 1.46 bits per heavy atom. The Labute approximate surface area is 155 Å². The van der Waals surface area contributed by atoms with E-state index in [2.05, 4.69) is 0 Å². The predicted molar refractivity (Wildman–Crippen MR) is 78.5 cm³/mol. The molecule has 0 aromatic carbocycles. The number of carbonyl (C=O) groups is 2. The second-order valence-electron chi connectivity index (χ2n) is 8.57. The van der Waals surface area contributed by atoms with E-state index in [9.17, 15) is 40.3 Å². The molecule has 4 bridgehead atoms. The van der Waals surface area contributed by atoms with Gasteiger partial charge in [0.05, 0.1) is 6.61 Å². The van der Waals surface area contributed by atoms with Crippen molar-refractivity contribution in [3.8, 4) is 0 Å². The van der Waals surface area contributed by atoms with Crippen LogP contribution < -0.4 is 0 Å². The van der Waals surface area contributed by atoms with Crippen molar-refractivity contribution in [3.05, 3.63) is 0 Å². The number of ether oxygens (including phenoxy) is 2. The van der Waals surface area contributed by atoms with Gasteiger partial charge >= 0.3 is 30.0 Å². The SMILES string of the molecule is CC(F)(F)C(=O)OCC12CC3CC(C1)CC(OC(=O)C(F)(F)C(F)(F)F)(C3)C2. The van der Waals surface area contributed by atoms with Gasteiger partial charge in [0.25, 0.3) is 0 Å². The molecule has 2 atom stereocenters. The van der Waals surface area contributed by atoms with Crippen molar-refractivity contribution in [3.63, 3.8) is 0 Å². The fraction of sp³-hybridized carbons (Fsp3) is 0.882. The van der Waals surface area contributed by atoms with Crippen LogP contribution in [0.3, 0.4) is 0 Å². The van der Waals surface area contributed by atoms with E-state index in [4.69, 9.17) is 9.47 Å². The van der Waals surface area contributed by atoms with Crippen LogP contribution in [0.2, 0.25) is 0 Å². The average Bonchev–Trinajstić information content (AvgIpc) is 2.48. The Kier molecular flexibility index (Phi) is 4.70. The molecule has 0 spiro atoms. The quantitative estimate of drug-likeness (QED) is 0.493. The Hall–Kier alpha value is -1.55. The number of hydrogen-bond donors (Lipinski definition) is 0. The Morgan fingerprint density at radius 3 is 1.93 bits per heavy atom. The molecule has 0 heterocycles. The van der Waals surface area contributed by atoms with Gasteiger partial charge < -0.3 is 9.47 Å². The number of esters is 2. The van der Waals surface area contributed by atoms with E-state index in [1.165, 1.54) is 0 Å². The minimum Gasteiger partial charge on any atom is -0.461 e. The van der Waals surface area contributed by atoms with Gasteiger partial charge in [-0.05, 0) is 50.4 Å². The van der Waals surface area contributed by atoms with E-state index in [-0.39, 0.29) is 31.1 Å². The highest BCUT2D eigenvalue weighted by Crippen LogP contribution is 2.63. The van der Waals surface area contributed by atoms with Gasteiger partial charge in [0, 0.05) is 12.3 Å². The molecule has 4 saturated carbocycles. The zero-order valence-electron chi connectivity index (χ0n) is 14.9. The maximum atomic E-state index is 13.3. The summed E-state index contributed by atoms with van der Waals surface area (Å²) in [5.74, 6) is -14.0. The molecule has 11 heteroatoms. The van der Waals surface area contributed by atoms with Gasteiger partial charge in [-0.25, -0.2) is 9.59 Å². The first kappa shape index (κ1) is 21.2. The predicted octanol–water partition coefficient (Wildman–Crippen LogP) is 4.26. The third-order valence-corrected chi connectivity index (χ3v) is 5.92. The summed E-state index contributed by atoms with van der Waals surface area (Å²) in [6, 6.07) is 0. The highest BCUT2D eigenvalue weighted by atomic mass is 19.4. The number of rotatable bonds is 5. The summed E-state index contributed by atoms with van der Waals surface area (Å²) >= 11 is 0. The van der Waals surface area contributed by atoms with E-state index in [0.29, 0.717) is 26.2 Å². The van der Waals surface area contributed by atoms with Crippen molar-refractivity contribution in [2.75, 3.05) is 6.61 Å². The fourth-order valence-electron chi connectivity index (χ4n) is 5.37. The van der Waals surface area contributed by atoms with E-state index in [1.54, 1.807) is 0 Å². The molecule has 0 N–H and O–H groups in total. The highest BCUT2D eigenvalue weighted by molar-refractivity contribution is 5.79. The van der Waals surface area contributed by atoms with Gasteiger partial charge in [-0.1, -0.05) is 0 Å². The highest BCUT2D eigenvalue weighted by Gasteiger charge is 2.68. The molecule has 4 fully saturated rings. The summed E-state index contributed by atoms with van der Waals surface area (Å²) in [4.78, 5) is 23.0. The van der Waals surface area contributed by atoms with Crippen molar-refractivity contribution < 1.29 is 49.8 Å². The zero-order valence-corrected chi connectivity index (χ0v) is 14.9. The number of alkyl halides is 7. The Balaban J connectivity index is 1.77. The van der Waals surface area contributed by atoms with Crippen LogP contribution in [0.1, 0.15) is 45.4 Å². The van der Waals surface area contributed by atoms with Gasteiger partial charge in [-0.3, -0.25) is 0 Å². The molecular weight excluding hydrogens is 401 g/mol. The lowest BCUT2D eigenvalue weighted by molar-refractivity contribution is -0.292. The largest absolute Gasteiger partial charge is 0.465 e. The monoisotopic (exact) mass is 420 g/mol. The molecule has 4 aliphatic rings. The summed E-state index contributed by atoms with van der Waals surface area (Å²) in [5.41, 5.74) is -2.41. The molecule has 28 heavy (non-hydrogen) atoms. The maximum absolute atomic E-state index is 13.3. The normalized spacial score (nSPS) is 35.0. The average molecular weight is 420 g/mol. The second kappa shape index (κ2) is 6.22. The molecule has 0 aliphatic heterocycles. The molecule has 0 amide bonds. The third kappa shape index (κ3) is 3.68. The van der Waals surface area contributed by atoms with Crippen molar-refractivity contribution in [1.29, 1.82) is 0 Å². The van der Waals surface area contributed by atoms with Crippen LogP contribution in [0.15, 0.2) is 0 Å². The molecule has 2 unspecified atom stereocenters. The lowest BCUT2D eigenvalue weighted by atomic mass is 9.48. The van der Waals surface area contributed by atoms with E-state index < -0.39 is 47.6 Å². The first-order chi connectivity index (χ1) is 12.6. The number of carbonyl (C=O) groups excluding carboxylic acids is 2.